The maximum absolute atomic E-state index is 11.8. The van der Waals surface area contributed by atoms with Crippen LogP contribution in [0.25, 0.3) is 0 Å². The number of nitrogens with zero attached hydrogens (tertiary/aromatic N) is 1. The number of rotatable bonds is 3. The second-order valence-electron chi connectivity index (χ2n) is 5.06. The van der Waals surface area contributed by atoms with E-state index in [2.05, 4.69) is 4.98 Å². The van der Waals surface area contributed by atoms with Crippen molar-refractivity contribution in [2.75, 3.05) is 0 Å². The molecule has 0 fully saturated rings. The molecule has 17 heavy (non-hydrogen) atoms. The van der Waals surface area contributed by atoms with Crippen molar-refractivity contribution in [3.05, 3.63) is 16.1 Å². The first-order chi connectivity index (χ1) is 7.70. The number of aryl methyl sites for hydroxylation is 1. The summed E-state index contributed by atoms with van der Waals surface area (Å²) in [5.74, 6) is -1.02. The Balaban J connectivity index is 2.70. The summed E-state index contributed by atoms with van der Waals surface area (Å²) in [6, 6.07) is 0. The van der Waals surface area contributed by atoms with Crippen LogP contribution in [0.15, 0.2) is 5.38 Å². The molecule has 0 aliphatic rings. The minimum Gasteiger partial charge on any atom is -0.460 e. The lowest BCUT2D eigenvalue weighted by atomic mass is 10.0. The van der Waals surface area contributed by atoms with E-state index in [1.165, 1.54) is 11.3 Å². The molecule has 2 atom stereocenters. The lowest BCUT2D eigenvalue weighted by Crippen LogP contribution is -2.30. The highest BCUT2D eigenvalue weighted by atomic mass is 32.1. The molecule has 0 bridgehead atoms. The molecule has 1 aromatic heterocycles. The Labute approximate surface area is 106 Å². The molecule has 4 nitrogen and oxygen atoms in total. The minimum atomic E-state index is -0.908. The van der Waals surface area contributed by atoms with Gasteiger partial charge >= 0.3 is 5.97 Å². The molecule has 0 radical (unpaired) electrons. The van der Waals surface area contributed by atoms with E-state index in [-0.39, 0.29) is 0 Å². The second kappa shape index (κ2) is 5.14. The first-order valence-electron chi connectivity index (χ1n) is 5.53. The summed E-state index contributed by atoms with van der Waals surface area (Å²) >= 11 is 1.45. The van der Waals surface area contributed by atoms with E-state index >= 15 is 0 Å². The number of carbonyl (C=O) groups excluding carboxylic acids is 1. The third kappa shape index (κ3) is 4.09. The van der Waals surface area contributed by atoms with Crippen LogP contribution in [0.1, 0.15) is 44.5 Å². The number of aliphatic hydroxyl groups excluding tert-OH is 1. The normalized spacial score (nSPS) is 15.4. The zero-order valence-corrected chi connectivity index (χ0v) is 11.7. The zero-order valence-electron chi connectivity index (χ0n) is 10.9. The zero-order chi connectivity index (χ0) is 13.2. The SMILES string of the molecule is Cc1nc(C(O)C(C)C(=O)OC(C)(C)C)cs1. The molecule has 2 unspecified atom stereocenters. The van der Waals surface area contributed by atoms with E-state index in [0.29, 0.717) is 5.69 Å². The molecule has 0 saturated carbocycles. The van der Waals surface area contributed by atoms with E-state index in [9.17, 15) is 9.90 Å². The number of carbonyl (C=O) groups is 1. The fourth-order valence-corrected chi connectivity index (χ4v) is 1.94. The van der Waals surface area contributed by atoms with Crippen molar-refractivity contribution < 1.29 is 14.6 Å². The number of hydrogen-bond donors (Lipinski definition) is 1. The molecule has 0 aliphatic carbocycles. The van der Waals surface area contributed by atoms with Crippen molar-refractivity contribution in [1.82, 2.24) is 4.98 Å². The van der Waals surface area contributed by atoms with Gasteiger partial charge in [0, 0.05) is 5.38 Å². The van der Waals surface area contributed by atoms with Gasteiger partial charge in [0.25, 0.3) is 0 Å². The fraction of sp³-hybridized carbons (Fsp3) is 0.667. The highest BCUT2D eigenvalue weighted by molar-refractivity contribution is 7.09. The summed E-state index contributed by atoms with van der Waals surface area (Å²) in [6.07, 6.45) is -0.908. The van der Waals surface area contributed by atoms with Gasteiger partial charge in [-0.2, -0.15) is 0 Å². The van der Waals surface area contributed by atoms with Crippen LogP contribution in [-0.4, -0.2) is 21.7 Å². The Bertz CT molecular complexity index is 395. The van der Waals surface area contributed by atoms with Crippen LogP contribution < -0.4 is 0 Å². The fourth-order valence-electron chi connectivity index (χ4n) is 1.30. The van der Waals surface area contributed by atoms with Gasteiger partial charge in [0.2, 0.25) is 0 Å². The third-order valence-corrected chi connectivity index (χ3v) is 2.98. The average Bonchev–Trinajstić information content (AvgIpc) is 2.60. The first kappa shape index (κ1) is 14.1. The average molecular weight is 257 g/mol. The van der Waals surface area contributed by atoms with Crippen molar-refractivity contribution >= 4 is 17.3 Å². The Kier molecular flexibility index (Phi) is 4.27. The van der Waals surface area contributed by atoms with Crippen LogP contribution in [-0.2, 0) is 9.53 Å². The van der Waals surface area contributed by atoms with Gasteiger partial charge in [-0.3, -0.25) is 4.79 Å². The maximum Gasteiger partial charge on any atom is 0.312 e. The van der Waals surface area contributed by atoms with Crippen LogP contribution >= 0.6 is 11.3 Å². The van der Waals surface area contributed by atoms with Crippen LogP contribution in [0.2, 0.25) is 0 Å². The van der Waals surface area contributed by atoms with Crippen molar-refractivity contribution in [1.29, 1.82) is 0 Å². The van der Waals surface area contributed by atoms with E-state index in [1.807, 2.05) is 6.92 Å². The quantitative estimate of drug-likeness (QED) is 0.845. The monoisotopic (exact) mass is 257 g/mol. The Morgan fingerprint density at radius 1 is 1.53 bits per heavy atom. The molecule has 0 spiro atoms. The Morgan fingerprint density at radius 2 is 2.12 bits per heavy atom. The highest BCUT2D eigenvalue weighted by Gasteiger charge is 2.29. The Hall–Kier alpha value is -0.940. The molecular weight excluding hydrogens is 238 g/mol. The van der Waals surface area contributed by atoms with Crippen LogP contribution in [0, 0.1) is 12.8 Å². The smallest absolute Gasteiger partial charge is 0.312 e. The third-order valence-electron chi connectivity index (χ3n) is 2.19. The number of aromatic nitrogens is 1. The topological polar surface area (TPSA) is 59.4 Å². The highest BCUT2D eigenvalue weighted by Crippen LogP contribution is 2.25. The van der Waals surface area contributed by atoms with E-state index in [0.717, 1.165) is 5.01 Å². The molecule has 5 heteroatoms. The van der Waals surface area contributed by atoms with Gasteiger partial charge in [-0.1, -0.05) is 0 Å². The van der Waals surface area contributed by atoms with Crippen molar-refractivity contribution in [3.8, 4) is 0 Å². The number of esters is 1. The molecule has 0 aromatic carbocycles. The molecular formula is C12H19NO3S. The van der Waals surface area contributed by atoms with Gasteiger partial charge in [0.05, 0.1) is 16.6 Å². The van der Waals surface area contributed by atoms with Crippen LogP contribution in [0.4, 0.5) is 0 Å². The molecule has 0 amide bonds. The lowest BCUT2D eigenvalue weighted by Gasteiger charge is -2.24. The predicted molar refractivity (Wildman–Crippen MR) is 66.8 cm³/mol. The van der Waals surface area contributed by atoms with Gasteiger partial charge < -0.3 is 9.84 Å². The lowest BCUT2D eigenvalue weighted by molar-refractivity contribution is -0.163. The number of thiazole rings is 1. The van der Waals surface area contributed by atoms with E-state index in [4.69, 9.17) is 4.74 Å². The van der Waals surface area contributed by atoms with Crippen LogP contribution in [0.3, 0.4) is 0 Å². The first-order valence-corrected chi connectivity index (χ1v) is 6.41. The summed E-state index contributed by atoms with van der Waals surface area (Å²) in [7, 11) is 0. The van der Waals surface area contributed by atoms with Crippen molar-refractivity contribution in [2.45, 2.75) is 46.3 Å². The van der Waals surface area contributed by atoms with Gasteiger partial charge in [0.15, 0.2) is 0 Å². The van der Waals surface area contributed by atoms with Crippen LogP contribution in [0.5, 0.6) is 0 Å². The molecule has 1 heterocycles. The number of hydrogen-bond acceptors (Lipinski definition) is 5. The molecule has 0 saturated heterocycles. The molecule has 1 aromatic rings. The second-order valence-corrected chi connectivity index (χ2v) is 6.12. The van der Waals surface area contributed by atoms with Gasteiger partial charge in [-0.05, 0) is 34.6 Å². The molecule has 1 rings (SSSR count). The minimum absolute atomic E-state index is 0.407. The summed E-state index contributed by atoms with van der Waals surface area (Å²) in [4.78, 5) is 15.9. The van der Waals surface area contributed by atoms with Crippen molar-refractivity contribution in [3.63, 3.8) is 0 Å². The van der Waals surface area contributed by atoms with Crippen molar-refractivity contribution in [2.24, 2.45) is 5.92 Å². The summed E-state index contributed by atoms with van der Waals surface area (Å²) < 4.78 is 5.23. The van der Waals surface area contributed by atoms with Gasteiger partial charge in [-0.15, -0.1) is 11.3 Å². The van der Waals surface area contributed by atoms with E-state index < -0.39 is 23.6 Å². The summed E-state index contributed by atoms with van der Waals surface area (Å²) in [6.45, 7) is 8.91. The number of aliphatic hydroxyl groups is 1. The molecule has 1 N–H and O–H groups in total. The van der Waals surface area contributed by atoms with Gasteiger partial charge in [-0.25, -0.2) is 4.98 Å². The van der Waals surface area contributed by atoms with Gasteiger partial charge in [0.1, 0.15) is 11.7 Å². The summed E-state index contributed by atoms with van der Waals surface area (Å²) in [5, 5.41) is 12.6. The predicted octanol–water partition coefficient (Wildman–Crippen LogP) is 2.46. The standard InChI is InChI=1S/C12H19NO3S/c1-7(11(15)16-12(3,4)5)10(14)9-6-17-8(2)13-9/h6-7,10,14H,1-5H3. The number of ether oxygens (including phenoxy) is 1. The molecule has 0 aliphatic heterocycles. The Morgan fingerprint density at radius 3 is 2.53 bits per heavy atom. The molecule has 96 valence electrons. The summed E-state index contributed by atoms with van der Waals surface area (Å²) in [5.41, 5.74) is -0.00543. The van der Waals surface area contributed by atoms with E-state index in [1.54, 1.807) is 33.1 Å². The maximum atomic E-state index is 11.8. The largest absolute Gasteiger partial charge is 0.460 e.